The lowest BCUT2D eigenvalue weighted by atomic mass is 9.96. The third-order valence-corrected chi connectivity index (χ3v) is 6.66. The van der Waals surface area contributed by atoms with E-state index in [2.05, 4.69) is 4.98 Å². The Morgan fingerprint density at radius 3 is 2.37 bits per heavy atom. The van der Waals surface area contributed by atoms with Gasteiger partial charge >= 0.3 is 0 Å². The summed E-state index contributed by atoms with van der Waals surface area (Å²) in [6.45, 7) is 1.07. The van der Waals surface area contributed by atoms with Crippen LogP contribution >= 0.6 is 0 Å². The Morgan fingerprint density at radius 2 is 1.63 bits per heavy atom. The number of nitrogens with zero attached hydrogens (tertiary/aromatic N) is 3. The molecule has 0 saturated carbocycles. The molecule has 1 saturated heterocycles. The van der Waals surface area contributed by atoms with Crippen molar-refractivity contribution in [1.82, 2.24) is 9.88 Å². The minimum absolute atomic E-state index is 0.134. The number of anilines is 1. The van der Waals surface area contributed by atoms with Crippen molar-refractivity contribution < 1.29 is 23.2 Å². The number of fused-ring (bicyclic) bond motifs is 2. The number of hydrogen-bond donors (Lipinski definition) is 0. The van der Waals surface area contributed by atoms with Gasteiger partial charge in [0.25, 0.3) is 17.7 Å². The van der Waals surface area contributed by atoms with E-state index in [0.29, 0.717) is 24.5 Å². The van der Waals surface area contributed by atoms with E-state index < -0.39 is 17.6 Å². The second-order valence-corrected chi connectivity index (χ2v) is 8.77. The van der Waals surface area contributed by atoms with Crippen LogP contribution in [0, 0.1) is 5.82 Å². The maximum Gasteiger partial charge on any atom is 0.266 e. The lowest BCUT2D eigenvalue weighted by Gasteiger charge is -2.30. The number of carbonyl (C=O) groups excluding carboxylic acids is 3. The van der Waals surface area contributed by atoms with Crippen molar-refractivity contribution in [1.29, 1.82) is 0 Å². The number of oxazole rings is 1. The number of piperidine rings is 1. The van der Waals surface area contributed by atoms with Crippen molar-refractivity contribution in [3.05, 3.63) is 95.1 Å². The Morgan fingerprint density at radius 1 is 0.914 bits per heavy atom. The van der Waals surface area contributed by atoms with Gasteiger partial charge in [0.05, 0.1) is 16.8 Å². The zero-order valence-electron chi connectivity index (χ0n) is 18.6. The standard InChI is InChI=1S/C27H20FN3O4/c28-18-6-8-19(9-7-18)31-26(33)20-10-5-17(15-21(20)27(31)34)25(32)30-13-11-16(12-14-30)24-29-22-3-1-2-4-23(22)35-24/h1-10,15-16H,11-14H2. The van der Waals surface area contributed by atoms with E-state index >= 15 is 0 Å². The van der Waals surface area contributed by atoms with Crippen LogP contribution in [-0.2, 0) is 0 Å². The first-order valence-corrected chi connectivity index (χ1v) is 11.4. The summed E-state index contributed by atoms with van der Waals surface area (Å²) in [5, 5.41) is 0. The number of aromatic nitrogens is 1. The van der Waals surface area contributed by atoms with E-state index in [9.17, 15) is 18.8 Å². The van der Waals surface area contributed by atoms with Crippen LogP contribution < -0.4 is 4.90 Å². The third-order valence-electron chi connectivity index (χ3n) is 6.66. The summed E-state index contributed by atoms with van der Waals surface area (Å²) >= 11 is 0. The zero-order valence-corrected chi connectivity index (χ0v) is 18.6. The molecule has 0 atom stereocenters. The molecule has 8 heteroatoms. The van der Waals surface area contributed by atoms with Gasteiger partial charge in [-0.15, -0.1) is 0 Å². The normalized spacial score (nSPS) is 16.3. The van der Waals surface area contributed by atoms with Gasteiger partial charge in [0.2, 0.25) is 0 Å². The van der Waals surface area contributed by atoms with E-state index in [0.717, 1.165) is 28.8 Å². The van der Waals surface area contributed by atoms with Gasteiger partial charge in [-0.2, -0.15) is 0 Å². The maximum absolute atomic E-state index is 13.3. The summed E-state index contributed by atoms with van der Waals surface area (Å²) in [7, 11) is 0. The van der Waals surface area contributed by atoms with E-state index in [-0.39, 0.29) is 28.6 Å². The Labute approximate surface area is 199 Å². The summed E-state index contributed by atoms with van der Waals surface area (Å²) in [6.07, 6.45) is 1.44. The Balaban J connectivity index is 1.18. The van der Waals surface area contributed by atoms with Gasteiger partial charge in [-0.05, 0) is 67.4 Å². The quantitative estimate of drug-likeness (QED) is 0.403. The Bertz CT molecular complexity index is 1450. The minimum atomic E-state index is -0.527. The van der Waals surface area contributed by atoms with Crippen molar-refractivity contribution in [3.8, 4) is 0 Å². The van der Waals surface area contributed by atoms with E-state index in [4.69, 9.17) is 4.42 Å². The lowest BCUT2D eigenvalue weighted by molar-refractivity contribution is 0.0706. The fourth-order valence-corrected chi connectivity index (χ4v) is 4.78. The number of benzene rings is 3. The number of para-hydroxylation sites is 2. The molecule has 0 radical (unpaired) electrons. The van der Waals surface area contributed by atoms with Crippen LogP contribution in [0.2, 0.25) is 0 Å². The summed E-state index contributed by atoms with van der Waals surface area (Å²) in [4.78, 5) is 46.3. The molecule has 1 aromatic heterocycles. The second kappa shape index (κ2) is 8.16. The number of carbonyl (C=O) groups is 3. The highest BCUT2D eigenvalue weighted by molar-refractivity contribution is 6.34. The van der Waals surface area contributed by atoms with Crippen LogP contribution in [0.1, 0.15) is 55.7 Å². The van der Waals surface area contributed by atoms with Crippen molar-refractivity contribution >= 4 is 34.5 Å². The van der Waals surface area contributed by atoms with Crippen molar-refractivity contribution in [2.75, 3.05) is 18.0 Å². The zero-order chi connectivity index (χ0) is 24.1. The topological polar surface area (TPSA) is 83.7 Å². The number of amides is 3. The number of rotatable bonds is 3. The average molecular weight is 469 g/mol. The van der Waals surface area contributed by atoms with Crippen LogP contribution in [-0.4, -0.2) is 40.7 Å². The molecule has 2 aliphatic heterocycles. The summed E-state index contributed by atoms with van der Waals surface area (Å²) in [6, 6.07) is 17.3. The molecule has 7 nitrogen and oxygen atoms in total. The van der Waals surface area contributed by atoms with Gasteiger partial charge < -0.3 is 9.32 Å². The molecule has 174 valence electrons. The fourth-order valence-electron chi connectivity index (χ4n) is 4.78. The molecule has 0 aliphatic carbocycles. The van der Waals surface area contributed by atoms with E-state index in [1.54, 1.807) is 11.0 Å². The first kappa shape index (κ1) is 21.2. The van der Waals surface area contributed by atoms with Crippen LogP contribution in [0.3, 0.4) is 0 Å². The number of likely N-dealkylation sites (tertiary alicyclic amines) is 1. The highest BCUT2D eigenvalue weighted by Crippen LogP contribution is 2.32. The smallest absolute Gasteiger partial charge is 0.266 e. The van der Waals surface area contributed by atoms with Gasteiger partial charge in [-0.1, -0.05) is 12.1 Å². The van der Waals surface area contributed by atoms with E-state index in [1.807, 2.05) is 24.3 Å². The van der Waals surface area contributed by atoms with Gasteiger partial charge in [-0.3, -0.25) is 14.4 Å². The Kier molecular flexibility index (Phi) is 4.95. The number of hydrogen-bond acceptors (Lipinski definition) is 5. The molecule has 3 heterocycles. The van der Waals surface area contributed by atoms with Gasteiger partial charge in [0.15, 0.2) is 11.5 Å². The minimum Gasteiger partial charge on any atom is -0.440 e. The molecule has 0 unspecified atom stereocenters. The number of imide groups is 1. The molecule has 3 amide bonds. The van der Waals surface area contributed by atoms with Gasteiger partial charge in [0, 0.05) is 24.6 Å². The van der Waals surface area contributed by atoms with Gasteiger partial charge in [-0.25, -0.2) is 14.3 Å². The monoisotopic (exact) mass is 469 g/mol. The molecule has 0 N–H and O–H groups in total. The predicted molar refractivity (Wildman–Crippen MR) is 126 cm³/mol. The molecule has 35 heavy (non-hydrogen) atoms. The highest BCUT2D eigenvalue weighted by atomic mass is 19.1. The predicted octanol–water partition coefficient (Wildman–Crippen LogP) is 4.79. The summed E-state index contributed by atoms with van der Waals surface area (Å²) < 4.78 is 19.2. The first-order valence-electron chi connectivity index (χ1n) is 11.4. The molecular formula is C27H20FN3O4. The van der Waals surface area contributed by atoms with Crippen molar-refractivity contribution in [2.45, 2.75) is 18.8 Å². The molecule has 4 aromatic rings. The second-order valence-electron chi connectivity index (χ2n) is 8.77. The van der Waals surface area contributed by atoms with Crippen molar-refractivity contribution in [2.24, 2.45) is 0 Å². The molecule has 2 aliphatic rings. The largest absolute Gasteiger partial charge is 0.440 e. The van der Waals surface area contributed by atoms with Crippen LogP contribution in [0.4, 0.5) is 10.1 Å². The Hall–Kier alpha value is -4.33. The molecule has 0 spiro atoms. The third kappa shape index (κ3) is 3.58. The molecule has 1 fully saturated rings. The van der Waals surface area contributed by atoms with Crippen molar-refractivity contribution in [3.63, 3.8) is 0 Å². The lowest BCUT2D eigenvalue weighted by Crippen LogP contribution is -2.38. The molecule has 0 bridgehead atoms. The summed E-state index contributed by atoms with van der Waals surface area (Å²) in [5.41, 5.74) is 2.62. The maximum atomic E-state index is 13.3. The summed E-state index contributed by atoms with van der Waals surface area (Å²) in [5.74, 6) is -0.839. The molecule has 3 aromatic carbocycles. The molecule has 6 rings (SSSR count). The first-order chi connectivity index (χ1) is 17.0. The SMILES string of the molecule is O=C(c1ccc2c(c1)C(=O)N(c1ccc(F)cc1)C2=O)N1CCC(c2nc3ccccc3o2)CC1. The average Bonchev–Trinajstić information content (AvgIpc) is 3.43. The molecular weight excluding hydrogens is 449 g/mol. The van der Waals surface area contributed by atoms with Crippen LogP contribution in [0.15, 0.2) is 71.1 Å². The van der Waals surface area contributed by atoms with Crippen LogP contribution in [0.5, 0.6) is 0 Å². The number of halogens is 1. The van der Waals surface area contributed by atoms with Gasteiger partial charge in [0.1, 0.15) is 11.3 Å². The fraction of sp³-hybridized carbons (Fsp3) is 0.185. The van der Waals surface area contributed by atoms with E-state index in [1.165, 1.54) is 36.4 Å². The highest BCUT2D eigenvalue weighted by Gasteiger charge is 2.37. The van der Waals surface area contributed by atoms with Crippen LogP contribution in [0.25, 0.3) is 11.1 Å².